The average Bonchev–Trinajstić information content (AvgIpc) is 2.75. The zero-order valence-electron chi connectivity index (χ0n) is 17.2. The largest absolute Gasteiger partial charge is 0.490 e. The van der Waals surface area contributed by atoms with Crippen molar-refractivity contribution in [3.05, 3.63) is 59.7 Å². The molecule has 0 spiro atoms. The smallest absolute Gasteiger partial charge is 0.311 e. The summed E-state index contributed by atoms with van der Waals surface area (Å²) in [5.41, 5.74) is 1.73. The van der Waals surface area contributed by atoms with Gasteiger partial charge in [-0.15, -0.1) is 0 Å². The second kappa shape index (κ2) is 10.9. The minimum Gasteiger partial charge on any atom is -0.490 e. The molecule has 3 rings (SSSR count). The fourth-order valence-corrected chi connectivity index (χ4v) is 3.80. The number of aliphatic carboxylic acids is 1. The molecule has 1 atom stereocenters. The Labute approximate surface area is 173 Å². The molecule has 156 valence electrons. The van der Waals surface area contributed by atoms with Gasteiger partial charge in [-0.25, -0.2) is 0 Å². The lowest BCUT2D eigenvalue weighted by atomic mass is 9.92. The first-order chi connectivity index (χ1) is 14.2. The molecule has 1 aliphatic heterocycles. The van der Waals surface area contributed by atoms with Gasteiger partial charge in [0.15, 0.2) is 11.5 Å². The Morgan fingerprint density at radius 1 is 1.03 bits per heavy atom. The Morgan fingerprint density at radius 3 is 2.48 bits per heavy atom. The minimum absolute atomic E-state index is 0.410. The molecule has 1 saturated heterocycles. The molecule has 2 aromatic rings. The van der Waals surface area contributed by atoms with Crippen molar-refractivity contribution in [2.24, 2.45) is 0 Å². The molecule has 0 amide bonds. The minimum atomic E-state index is -0.823. The fourth-order valence-electron chi connectivity index (χ4n) is 3.80. The van der Waals surface area contributed by atoms with Crippen LogP contribution in [0, 0.1) is 0 Å². The molecule has 1 N–H and O–H groups in total. The van der Waals surface area contributed by atoms with E-state index in [2.05, 4.69) is 4.90 Å². The topological polar surface area (TPSA) is 59.0 Å². The Morgan fingerprint density at radius 2 is 1.79 bits per heavy atom. The first-order valence-electron chi connectivity index (χ1n) is 10.6. The number of carbonyl (C=O) groups is 1. The molecule has 0 aliphatic carbocycles. The van der Waals surface area contributed by atoms with E-state index in [-0.39, 0.29) is 0 Å². The van der Waals surface area contributed by atoms with Crippen LogP contribution in [0.1, 0.15) is 43.2 Å². The normalized spacial score (nSPS) is 15.6. The van der Waals surface area contributed by atoms with Crippen molar-refractivity contribution >= 4 is 5.97 Å². The highest BCUT2D eigenvalue weighted by Crippen LogP contribution is 2.31. The van der Waals surface area contributed by atoms with E-state index in [0.717, 1.165) is 36.5 Å². The van der Waals surface area contributed by atoms with Gasteiger partial charge in [-0.3, -0.25) is 9.69 Å². The lowest BCUT2D eigenvalue weighted by Crippen LogP contribution is -2.33. The Bertz CT molecular complexity index is 772. The number of hydrogen-bond acceptors (Lipinski definition) is 4. The number of likely N-dealkylation sites (tertiary alicyclic amines) is 1. The van der Waals surface area contributed by atoms with Crippen molar-refractivity contribution in [1.82, 2.24) is 4.90 Å². The molecule has 1 unspecified atom stereocenters. The van der Waals surface area contributed by atoms with Crippen LogP contribution in [0.3, 0.4) is 0 Å². The molecule has 5 nitrogen and oxygen atoms in total. The molecule has 29 heavy (non-hydrogen) atoms. The van der Waals surface area contributed by atoms with Crippen molar-refractivity contribution in [2.45, 2.75) is 38.5 Å². The summed E-state index contributed by atoms with van der Waals surface area (Å²) >= 11 is 0. The number of nitrogens with zero attached hydrogens (tertiary/aromatic N) is 1. The Balaban J connectivity index is 1.66. The predicted octanol–water partition coefficient (Wildman–Crippen LogP) is 4.36. The van der Waals surface area contributed by atoms with Gasteiger partial charge in [0.05, 0.1) is 12.5 Å². The van der Waals surface area contributed by atoms with E-state index in [0.29, 0.717) is 25.4 Å². The zero-order valence-corrected chi connectivity index (χ0v) is 17.2. The van der Waals surface area contributed by atoms with Gasteiger partial charge >= 0.3 is 5.97 Å². The van der Waals surface area contributed by atoms with Gasteiger partial charge in [-0.05, 0) is 62.5 Å². The van der Waals surface area contributed by atoms with Crippen molar-refractivity contribution in [3.8, 4) is 11.5 Å². The third-order valence-electron chi connectivity index (χ3n) is 5.36. The molecule has 2 aromatic carbocycles. The zero-order chi connectivity index (χ0) is 20.5. The van der Waals surface area contributed by atoms with E-state index in [9.17, 15) is 9.90 Å². The number of carboxylic acid groups (broad SMARTS) is 1. The molecule has 1 aliphatic rings. The maximum atomic E-state index is 11.8. The molecule has 1 fully saturated rings. The van der Waals surface area contributed by atoms with Crippen molar-refractivity contribution in [3.63, 3.8) is 0 Å². The maximum absolute atomic E-state index is 11.8. The SMILES string of the molecule is CCOc1cc(CC(C(=O)O)c2ccccc2)ccc1OCCN1CCCCC1. The van der Waals surface area contributed by atoms with Gasteiger partial charge in [0, 0.05) is 6.54 Å². The first kappa shape index (κ1) is 21.2. The van der Waals surface area contributed by atoms with E-state index < -0.39 is 11.9 Å². The molecule has 0 saturated carbocycles. The highest BCUT2D eigenvalue weighted by Gasteiger charge is 2.21. The lowest BCUT2D eigenvalue weighted by molar-refractivity contribution is -0.138. The molecular formula is C24H31NO4. The quantitative estimate of drug-likeness (QED) is 0.645. The molecular weight excluding hydrogens is 366 g/mol. The highest BCUT2D eigenvalue weighted by atomic mass is 16.5. The van der Waals surface area contributed by atoms with Gasteiger partial charge in [-0.1, -0.05) is 42.8 Å². The summed E-state index contributed by atoms with van der Waals surface area (Å²) in [6.45, 7) is 6.32. The lowest BCUT2D eigenvalue weighted by Gasteiger charge is -2.26. The summed E-state index contributed by atoms with van der Waals surface area (Å²) in [6.07, 6.45) is 4.28. The van der Waals surface area contributed by atoms with Crippen LogP contribution >= 0.6 is 0 Å². The third kappa shape index (κ3) is 6.23. The summed E-state index contributed by atoms with van der Waals surface area (Å²) in [5, 5.41) is 9.69. The van der Waals surface area contributed by atoms with Crippen LogP contribution in [-0.2, 0) is 11.2 Å². The number of piperidine rings is 1. The Hall–Kier alpha value is -2.53. The summed E-state index contributed by atoms with van der Waals surface area (Å²) in [7, 11) is 0. The van der Waals surface area contributed by atoms with Gasteiger partial charge in [0.2, 0.25) is 0 Å². The molecule has 0 radical (unpaired) electrons. The Kier molecular flexibility index (Phi) is 7.94. The molecule has 1 heterocycles. The van der Waals surface area contributed by atoms with Crippen molar-refractivity contribution < 1.29 is 19.4 Å². The monoisotopic (exact) mass is 397 g/mol. The number of carboxylic acids is 1. The number of rotatable bonds is 10. The van der Waals surface area contributed by atoms with E-state index in [4.69, 9.17) is 9.47 Å². The number of hydrogen-bond donors (Lipinski definition) is 1. The van der Waals surface area contributed by atoms with Gasteiger partial charge in [0.1, 0.15) is 6.61 Å². The van der Waals surface area contributed by atoms with E-state index in [1.54, 1.807) is 0 Å². The van der Waals surface area contributed by atoms with Gasteiger partial charge in [-0.2, -0.15) is 0 Å². The summed E-state index contributed by atoms with van der Waals surface area (Å²) in [5.74, 6) is -0.00685. The molecule has 5 heteroatoms. The second-order valence-corrected chi connectivity index (χ2v) is 7.47. The van der Waals surface area contributed by atoms with Gasteiger partial charge in [0.25, 0.3) is 0 Å². The predicted molar refractivity (Wildman–Crippen MR) is 114 cm³/mol. The van der Waals surface area contributed by atoms with Crippen LogP contribution in [0.4, 0.5) is 0 Å². The highest BCUT2D eigenvalue weighted by molar-refractivity contribution is 5.76. The van der Waals surface area contributed by atoms with Crippen LogP contribution in [0.5, 0.6) is 11.5 Å². The van der Waals surface area contributed by atoms with Crippen molar-refractivity contribution in [1.29, 1.82) is 0 Å². The summed E-state index contributed by atoms with van der Waals surface area (Å²) < 4.78 is 11.8. The van der Waals surface area contributed by atoms with Gasteiger partial charge < -0.3 is 14.6 Å². The van der Waals surface area contributed by atoms with Crippen LogP contribution in [0.15, 0.2) is 48.5 Å². The fraction of sp³-hybridized carbons (Fsp3) is 0.458. The van der Waals surface area contributed by atoms with Crippen molar-refractivity contribution in [2.75, 3.05) is 32.8 Å². The third-order valence-corrected chi connectivity index (χ3v) is 5.36. The van der Waals surface area contributed by atoms with Crippen LogP contribution in [0.2, 0.25) is 0 Å². The van der Waals surface area contributed by atoms with E-state index >= 15 is 0 Å². The summed E-state index contributed by atoms with van der Waals surface area (Å²) in [4.78, 5) is 14.3. The number of benzene rings is 2. The van der Waals surface area contributed by atoms with E-state index in [1.165, 1.54) is 19.3 Å². The average molecular weight is 398 g/mol. The summed E-state index contributed by atoms with van der Waals surface area (Å²) in [6, 6.07) is 15.1. The molecule has 0 aromatic heterocycles. The second-order valence-electron chi connectivity index (χ2n) is 7.47. The van der Waals surface area contributed by atoms with Crippen LogP contribution in [0.25, 0.3) is 0 Å². The van der Waals surface area contributed by atoms with E-state index in [1.807, 2.05) is 55.5 Å². The maximum Gasteiger partial charge on any atom is 0.311 e. The molecule has 0 bridgehead atoms. The van der Waals surface area contributed by atoms with Crippen LogP contribution < -0.4 is 9.47 Å². The first-order valence-corrected chi connectivity index (χ1v) is 10.6. The number of ether oxygens (including phenoxy) is 2. The standard InChI is InChI=1S/C24H31NO4/c1-2-28-23-18-19(17-21(24(26)27)20-9-5-3-6-10-20)11-12-22(23)29-16-15-25-13-7-4-8-14-25/h3,5-6,9-12,18,21H,2,4,7-8,13-17H2,1H3,(H,26,27). The van der Waals surface area contributed by atoms with Crippen LogP contribution in [-0.4, -0.2) is 48.8 Å².